The second-order valence-electron chi connectivity index (χ2n) is 6.97. The van der Waals surface area contributed by atoms with E-state index in [0.717, 1.165) is 5.56 Å². The molecule has 0 amide bonds. The monoisotopic (exact) mass is 306 g/mol. The summed E-state index contributed by atoms with van der Waals surface area (Å²) in [6.45, 7) is 6.48. The quantitative estimate of drug-likeness (QED) is 0.825. The highest BCUT2D eigenvalue weighted by atomic mass is 16.6. The zero-order chi connectivity index (χ0) is 16.4. The molecule has 122 valence electrons. The molecule has 5 heteroatoms. The molecule has 0 aliphatic carbocycles. The molecule has 1 fully saturated rings. The summed E-state index contributed by atoms with van der Waals surface area (Å²) in [7, 11) is 0. The number of aliphatic hydroxyl groups is 1. The molecule has 3 N–H and O–H groups in total. The smallest absolute Gasteiger partial charge is 0.317 e. The summed E-state index contributed by atoms with van der Waals surface area (Å²) in [6.07, 6.45) is -0.0422. The van der Waals surface area contributed by atoms with Gasteiger partial charge in [0, 0.05) is 13.1 Å². The molecular weight excluding hydrogens is 280 g/mol. The molecule has 1 heterocycles. The van der Waals surface area contributed by atoms with Crippen LogP contribution in [0.3, 0.4) is 0 Å². The maximum atomic E-state index is 12.5. The minimum atomic E-state index is -1.04. The van der Waals surface area contributed by atoms with E-state index in [2.05, 4.69) is 0 Å². The van der Waals surface area contributed by atoms with Gasteiger partial charge < -0.3 is 15.6 Å². The number of benzene rings is 1. The highest BCUT2D eigenvalue weighted by Crippen LogP contribution is 2.37. The lowest BCUT2D eigenvalue weighted by Crippen LogP contribution is -2.54. The highest BCUT2D eigenvalue weighted by Gasteiger charge is 2.52. The van der Waals surface area contributed by atoms with Gasteiger partial charge in [0.25, 0.3) is 0 Å². The summed E-state index contributed by atoms with van der Waals surface area (Å²) >= 11 is 0. The average molecular weight is 306 g/mol. The van der Waals surface area contributed by atoms with Crippen molar-refractivity contribution in [3.05, 3.63) is 35.9 Å². The van der Waals surface area contributed by atoms with E-state index in [9.17, 15) is 9.90 Å². The van der Waals surface area contributed by atoms with Gasteiger partial charge in [-0.1, -0.05) is 30.3 Å². The largest absolute Gasteiger partial charge is 0.459 e. The number of ether oxygens (including phenoxy) is 1. The van der Waals surface area contributed by atoms with Gasteiger partial charge in [0.05, 0.1) is 12.8 Å². The van der Waals surface area contributed by atoms with Gasteiger partial charge in [-0.2, -0.15) is 0 Å². The fraction of sp³-hybridized carbons (Fsp3) is 0.588. The van der Waals surface area contributed by atoms with E-state index in [0.29, 0.717) is 19.5 Å². The van der Waals surface area contributed by atoms with Crippen molar-refractivity contribution in [1.29, 1.82) is 0 Å². The molecule has 0 aromatic heterocycles. The van der Waals surface area contributed by atoms with Gasteiger partial charge in [0.2, 0.25) is 0 Å². The first-order valence-electron chi connectivity index (χ1n) is 7.66. The van der Waals surface area contributed by atoms with Gasteiger partial charge in [-0.05, 0) is 32.8 Å². The van der Waals surface area contributed by atoms with Crippen LogP contribution < -0.4 is 5.73 Å². The topological polar surface area (TPSA) is 75.8 Å². The fourth-order valence-electron chi connectivity index (χ4n) is 2.81. The third-order valence-electron chi connectivity index (χ3n) is 4.12. The van der Waals surface area contributed by atoms with Gasteiger partial charge in [-0.15, -0.1) is 0 Å². The van der Waals surface area contributed by atoms with Crippen molar-refractivity contribution >= 4 is 5.97 Å². The third kappa shape index (κ3) is 3.48. The van der Waals surface area contributed by atoms with Gasteiger partial charge in [-0.25, -0.2) is 0 Å². The minimum absolute atomic E-state index is 0.297. The van der Waals surface area contributed by atoms with E-state index in [1.54, 1.807) is 0 Å². The Balaban J connectivity index is 2.13. The number of aliphatic hydroxyl groups excluding tert-OH is 1. The van der Waals surface area contributed by atoms with E-state index in [-0.39, 0.29) is 6.61 Å². The van der Waals surface area contributed by atoms with Crippen LogP contribution in [0.1, 0.15) is 32.8 Å². The lowest BCUT2D eigenvalue weighted by Gasteiger charge is -2.34. The molecule has 0 radical (unpaired) electrons. The van der Waals surface area contributed by atoms with Crippen LogP contribution in [0.5, 0.6) is 0 Å². The second kappa shape index (κ2) is 6.36. The Bertz CT molecular complexity index is 512. The number of hydrogen-bond donors (Lipinski definition) is 2. The summed E-state index contributed by atoms with van der Waals surface area (Å²) < 4.78 is 5.48. The Morgan fingerprint density at radius 1 is 1.41 bits per heavy atom. The van der Waals surface area contributed by atoms with E-state index >= 15 is 0 Å². The van der Waals surface area contributed by atoms with Crippen LogP contribution in [0.4, 0.5) is 0 Å². The number of nitrogens with two attached hydrogens (primary N) is 1. The Hall–Kier alpha value is -1.43. The van der Waals surface area contributed by atoms with Crippen molar-refractivity contribution in [2.75, 3.05) is 13.2 Å². The first-order chi connectivity index (χ1) is 10.3. The molecule has 1 aliphatic heterocycles. The maximum Gasteiger partial charge on any atom is 0.317 e. The van der Waals surface area contributed by atoms with E-state index in [1.165, 1.54) is 0 Å². The Kier molecular flexibility index (Phi) is 4.90. The molecule has 0 unspecified atom stereocenters. The second-order valence-corrected chi connectivity index (χ2v) is 6.97. The summed E-state index contributed by atoms with van der Waals surface area (Å²) in [6, 6.07) is 9.97. The van der Waals surface area contributed by atoms with Crippen LogP contribution in [0.25, 0.3) is 0 Å². The van der Waals surface area contributed by atoms with Crippen LogP contribution >= 0.6 is 0 Å². The molecular formula is C17H26N2O3. The van der Waals surface area contributed by atoms with Gasteiger partial charge >= 0.3 is 5.97 Å². The molecule has 5 nitrogen and oxygen atoms in total. The number of carbonyl (C=O) groups is 1. The average Bonchev–Trinajstić information content (AvgIpc) is 2.76. The van der Waals surface area contributed by atoms with Crippen molar-refractivity contribution in [2.24, 2.45) is 11.1 Å². The van der Waals surface area contributed by atoms with E-state index in [1.807, 2.05) is 56.0 Å². The fourth-order valence-corrected chi connectivity index (χ4v) is 2.81. The van der Waals surface area contributed by atoms with Crippen LogP contribution in [-0.4, -0.2) is 40.9 Å². The number of likely N-dealkylation sites (tertiary alicyclic amines) is 1. The third-order valence-corrected chi connectivity index (χ3v) is 4.12. The molecule has 1 saturated heterocycles. The van der Waals surface area contributed by atoms with Crippen LogP contribution in [0.15, 0.2) is 30.3 Å². The summed E-state index contributed by atoms with van der Waals surface area (Å²) in [5.41, 5.74) is 5.81. The van der Waals surface area contributed by atoms with Crippen molar-refractivity contribution in [1.82, 2.24) is 4.90 Å². The molecule has 1 aliphatic rings. The lowest BCUT2D eigenvalue weighted by molar-refractivity contribution is -0.172. The standard InChI is InChI=1S/C17H26N2O3/c1-16(2,3)22-15(21)17(12-20)9-10-19(14(17)18)11-13-7-5-4-6-8-13/h4-8,14,20H,9-12,18H2,1-3H3/t14-,17+/m0/s1. The Morgan fingerprint density at radius 3 is 2.59 bits per heavy atom. The summed E-state index contributed by atoms with van der Waals surface area (Å²) in [5, 5.41) is 9.83. The number of rotatable bonds is 4. The zero-order valence-electron chi connectivity index (χ0n) is 13.6. The molecule has 2 rings (SSSR count). The van der Waals surface area contributed by atoms with E-state index < -0.39 is 23.2 Å². The van der Waals surface area contributed by atoms with Crippen molar-refractivity contribution in [2.45, 2.75) is 45.5 Å². The summed E-state index contributed by atoms with van der Waals surface area (Å²) in [4.78, 5) is 14.6. The van der Waals surface area contributed by atoms with Gasteiger partial charge in [-0.3, -0.25) is 9.69 Å². The number of hydrogen-bond acceptors (Lipinski definition) is 5. The maximum absolute atomic E-state index is 12.5. The molecule has 1 aromatic rings. The lowest BCUT2D eigenvalue weighted by atomic mass is 9.85. The first-order valence-corrected chi connectivity index (χ1v) is 7.66. The molecule has 0 bridgehead atoms. The van der Waals surface area contributed by atoms with Gasteiger partial charge in [0.15, 0.2) is 0 Å². The van der Waals surface area contributed by atoms with E-state index in [4.69, 9.17) is 10.5 Å². The number of nitrogens with zero attached hydrogens (tertiary/aromatic N) is 1. The van der Waals surface area contributed by atoms with Crippen LogP contribution in [0, 0.1) is 5.41 Å². The number of carbonyl (C=O) groups excluding carboxylic acids is 1. The molecule has 22 heavy (non-hydrogen) atoms. The van der Waals surface area contributed by atoms with Crippen molar-refractivity contribution in [3.63, 3.8) is 0 Å². The Morgan fingerprint density at radius 2 is 2.05 bits per heavy atom. The predicted octanol–water partition coefficient (Wildman–Crippen LogP) is 1.50. The zero-order valence-corrected chi connectivity index (χ0v) is 13.6. The minimum Gasteiger partial charge on any atom is -0.459 e. The van der Waals surface area contributed by atoms with Gasteiger partial charge in [0.1, 0.15) is 11.0 Å². The Labute approximate surface area is 132 Å². The molecule has 2 atom stereocenters. The molecule has 0 spiro atoms. The SMILES string of the molecule is CC(C)(C)OC(=O)[C@@]1(CO)CCN(Cc2ccccc2)[C@@H]1N. The van der Waals surface area contributed by atoms with Crippen molar-refractivity contribution in [3.8, 4) is 0 Å². The van der Waals surface area contributed by atoms with Crippen LogP contribution in [-0.2, 0) is 16.1 Å². The summed E-state index contributed by atoms with van der Waals surface area (Å²) in [5.74, 6) is -0.412. The normalized spacial score (nSPS) is 26.1. The molecule has 0 saturated carbocycles. The molecule has 1 aromatic carbocycles. The predicted molar refractivity (Wildman–Crippen MR) is 84.8 cm³/mol. The van der Waals surface area contributed by atoms with Crippen molar-refractivity contribution < 1.29 is 14.6 Å². The first kappa shape index (κ1) is 16.9. The van der Waals surface area contributed by atoms with Crippen LogP contribution in [0.2, 0.25) is 0 Å². The highest BCUT2D eigenvalue weighted by molar-refractivity contribution is 5.78. The number of esters is 1.